The third-order valence-electron chi connectivity index (χ3n) is 8.23. The van der Waals surface area contributed by atoms with Gasteiger partial charge < -0.3 is 14.7 Å². The molecule has 5 rings (SSSR count). The van der Waals surface area contributed by atoms with Crippen molar-refractivity contribution in [2.45, 2.75) is 56.9 Å². The number of carboxylic acid groups (broad SMARTS) is 1. The summed E-state index contributed by atoms with van der Waals surface area (Å²) < 4.78 is 5.39. The van der Waals surface area contributed by atoms with Crippen LogP contribution in [0.15, 0.2) is 60.8 Å². The number of carboxylic acids is 1. The van der Waals surface area contributed by atoms with Gasteiger partial charge in [0, 0.05) is 23.3 Å². The lowest BCUT2D eigenvalue weighted by Crippen LogP contribution is -2.51. The first kappa shape index (κ1) is 22.9. The molecule has 5 nitrogen and oxygen atoms in total. The van der Waals surface area contributed by atoms with Gasteiger partial charge in [0.25, 0.3) is 0 Å². The van der Waals surface area contributed by atoms with Crippen LogP contribution in [0.25, 0.3) is 10.8 Å². The van der Waals surface area contributed by atoms with Crippen LogP contribution in [0, 0.1) is 5.41 Å². The maximum absolute atomic E-state index is 12.4. The number of piperidine rings is 1. The second-order valence-corrected chi connectivity index (χ2v) is 10.1. The summed E-state index contributed by atoms with van der Waals surface area (Å²) in [4.78, 5) is 19.5. The van der Waals surface area contributed by atoms with Crippen LogP contribution in [0.1, 0.15) is 55.7 Å². The first-order valence-corrected chi connectivity index (χ1v) is 12.5. The number of nitrogens with zero attached hydrogens (tertiary/aromatic N) is 2. The van der Waals surface area contributed by atoms with E-state index in [9.17, 15) is 9.90 Å². The van der Waals surface area contributed by atoms with E-state index in [4.69, 9.17) is 4.74 Å². The fourth-order valence-electron chi connectivity index (χ4n) is 5.90. The van der Waals surface area contributed by atoms with Crippen LogP contribution < -0.4 is 4.74 Å². The summed E-state index contributed by atoms with van der Waals surface area (Å²) in [6.45, 7) is 1.78. The number of benzene rings is 2. The predicted molar refractivity (Wildman–Crippen MR) is 134 cm³/mol. The van der Waals surface area contributed by atoms with Gasteiger partial charge >= 0.3 is 5.97 Å². The lowest BCUT2D eigenvalue weighted by Gasteiger charge is -2.48. The largest absolute Gasteiger partial charge is 0.497 e. The van der Waals surface area contributed by atoms with Crippen molar-refractivity contribution in [1.82, 2.24) is 9.88 Å². The van der Waals surface area contributed by atoms with Crippen LogP contribution >= 0.6 is 0 Å². The molecule has 2 heterocycles. The number of pyridine rings is 1. The Balaban J connectivity index is 1.17. The van der Waals surface area contributed by atoms with Crippen molar-refractivity contribution in [1.29, 1.82) is 0 Å². The monoisotopic (exact) mass is 458 g/mol. The number of aromatic nitrogens is 1. The lowest BCUT2D eigenvalue weighted by atomic mass is 9.71. The molecule has 1 aromatic heterocycles. The van der Waals surface area contributed by atoms with Gasteiger partial charge in [-0.3, -0.25) is 9.78 Å². The van der Waals surface area contributed by atoms with Crippen molar-refractivity contribution in [2.24, 2.45) is 5.41 Å². The summed E-state index contributed by atoms with van der Waals surface area (Å²) >= 11 is 0. The number of fused-ring (bicyclic) bond motifs is 1. The van der Waals surface area contributed by atoms with Gasteiger partial charge in [-0.05, 0) is 93.1 Å². The molecule has 0 spiro atoms. The van der Waals surface area contributed by atoms with E-state index in [1.165, 1.54) is 18.4 Å². The number of rotatable bonds is 8. The maximum atomic E-state index is 12.4. The summed E-state index contributed by atoms with van der Waals surface area (Å²) in [5.41, 5.74) is 1.85. The highest BCUT2D eigenvalue weighted by atomic mass is 16.5. The second kappa shape index (κ2) is 9.75. The van der Waals surface area contributed by atoms with E-state index in [0.717, 1.165) is 61.0 Å². The molecule has 1 saturated carbocycles. The molecule has 2 aliphatic rings. The van der Waals surface area contributed by atoms with Crippen LogP contribution in [0.2, 0.25) is 0 Å². The fraction of sp³-hybridized carbons (Fsp3) is 0.448. The normalized spacial score (nSPS) is 22.3. The molecule has 1 saturated heterocycles. The molecule has 0 radical (unpaired) electrons. The molecule has 2 aromatic carbocycles. The van der Waals surface area contributed by atoms with E-state index in [1.807, 2.05) is 24.4 Å². The van der Waals surface area contributed by atoms with E-state index in [1.54, 1.807) is 7.11 Å². The maximum Gasteiger partial charge on any atom is 0.309 e. The number of hydrogen-bond donors (Lipinski definition) is 1. The average Bonchev–Trinajstić information content (AvgIpc) is 2.84. The third-order valence-corrected chi connectivity index (χ3v) is 8.23. The van der Waals surface area contributed by atoms with E-state index < -0.39 is 11.4 Å². The molecule has 34 heavy (non-hydrogen) atoms. The highest BCUT2D eigenvalue weighted by Crippen LogP contribution is 2.44. The molecule has 0 atom stereocenters. The lowest BCUT2D eigenvalue weighted by molar-refractivity contribution is -0.153. The van der Waals surface area contributed by atoms with Crippen LogP contribution in [0.5, 0.6) is 5.75 Å². The average molecular weight is 459 g/mol. The molecule has 1 N–H and O–H groups in total. The Morgan fingerprint density at radius 1 is 1.12 bits per heavy atom. The summed E-state index contributed by atoms with van der Waals surface area (Å²) in [6, 6.07) is 19.4. The van der Waals surface area contributed by atoms with Crippen molar-refractivity contribution in [3.05, 3.63) is 72.1 Å². The minimum atomic E-state index is -0.629. The van der Waals surface area contributed by atoms with Gasteiger partial charge in [0.15, 0.2) is 0 Å². The van der Waals surface area contributed by atoms with Gasteiger partial charge in [-0.1, -0.05) is 36.4 Å². The molecule has 5 heteroatoms. The number of carbonyl (C=O) groups is 1. The van der Waals surface area contributed by atoms with Gasteiger partial charge in [-0.15, -0.1) is 0 Å². The highest BCUT2D eigenvalue weighted by Gasteiger charge is 2.44. The van der Waals surface area contributed by atoms with Crippen molar-refractivity contribution in [2.75, 3.05) is 20.2 Å². The summed E-state index contributed by atoms with van der Waals surface area (Å²) in [5.74, 6) is 0.848. The van der Waals surface area contributed by atoms with Gasteiger partial charge in [-0.25, -0.2) is 0 Å². The highest BCUT2D eigenvalue weighted by molar-refractivity contribution is 5.85. The first-order valence-electron chi connectivity index (χ1n) is 12.5. The molecule has 0 amide bonds. The molecule has 0 unspecified atom stereocenters. The number of ether oxygens (including phenoxy) is 1. The molecule has 3 aromatic rings. The van der Waals surface area contributed by atoms with E-state index >= 15 is 0 Å². The molecule has 178 valence electrons. The summed E-state index contributed by atoms with van der Waals surface area (Å²) in [6.07, 6.45) is 8.03. The van der Waals surface area contributed by atoms with Crippen LogP contribution in [0.4, 0.5) is 0 Å². The van der Waals surface area contributed by atoms with Crippen LogP contribution in [0.3, 0.4) is 0 Å². The molecular formula is C29H34N2O3. The van der Waals surface area contributed by atoms with Gasteiger partial charge in [0.2, 0.25) is 0 Å². The number of aryl methyl sites for hydroxylation is 1. The number of likely N-dealkylation sites (tertiary alicyclic amines) is 1. The smallest absolute Gasteiger partial charge is 0.309 e. The van der Waals surface area contributed by atoms with E-state index in [0.29, 0.717) is 18.4 Å². The summed E-state index contributed by atoms with van der Waals surface area (Å²) in [5, 5.41) is 12.4. The first-order chi connectivity index (χ1) is 16.6. The molecular weight excluding hydrogens is 424 g/mol. The summed E-state index contributed by atoms with van der Waals surface area (Å²) in [7, 11) is 1.67. The Hall–Kier alpha value is -2.92. The fourth-order valence-corrected chi connectivity index (χ4v) is 5.90. The van der Waals surface area contributed by atoms with Crippen LogP contribution in [-0.2, 0) is 11.2 Å². The van der Waals surface area contributed by atoms with Crippen molar-refractivity contribution in [3.8, 4) is 5.75 Å². The van der Waals surface area contributed by atoms with Crippen molar-refractivity contribution >= 4 is 16.7 Å². The Bertz CT molecular complexity index is 1130. The Kier molecular flexibility index (Phi) is 6.55. The number of methoxy groups -OCH3 is 1. The SMILES string of the molecule is COc1ccc2ccnc(CCCC3(C(=O)O)CCN(C4CC(c5ccccc5)C4)CC3)c2c1. The minimum Gasteiger partial charge on any atom is -0.497 e. The van der Waals surface area contributed by atoms with E-state index in [-0.39, 0.29) is 0 Å². The molecule has 2 fully saturated rings. The third kappa shape index (κ3) is 4.54. The van der Waals surface area contributed by atoms with Gasteiger partial charge in [-0.2, -0.15) is 0 Å². The van der Waals surface area contributed by atoms with Crippen molar-refractivity contribution in [3.63, 3.8) is 0 Å². The predicted octanol–water partition coefficient (Wildman–Crippen LogP) is 5.68. The topological polar surface area (TPSA) is 62.7 Å². The molecule has 1 aliphatic carbocycles. The Morgan fingerprint density at radius 2 is 1.88 bits per heavy atom. The van der Waals surface area contributed by atoms with E-state index in [2.05, 4.69) is 46.3 Å². The van der Waals surface area contributed by atoms with Crippen molar-refractivity contribution < 1.29 is 14.6 Å². The van der Waals surface area contributed by atoms with Gasteiger partial charge in [0.05, 0.1) is 12.5 Å². The number of aliphatic carboxylic acids is 1. The second-order valence-electron chi connectivity index (χ2n) is 10.1. The quantitative estimate of drug-likeness (QED) is 0.471. The zero-order valence-corrected chi connectivity index (χ0v) is 20.0. The zero-order chi connectivity index (χ0) is 23.5. The Labute approximate surface area is 201 Å². The molecule has 1 aliphatic heterocycles. The van der Waals surface area contributed by atoms with Crippen LogP contribution in [-0.4, -0.2) is 47.2 Å². The molecule has 0 bridgehead atoms. The number of hydrogen-bond acceptors (Lipinski definition) is 4. The standard InChI is InChI=1S/C29H34N2O3/c1-34-25-10-9-22-11-15-30-27(26(22)20-25)8-5-12-29(28(32)33)13-16-31(17-14-29)24-18-23(19-24)21-6-3-2-4-7-21/h2-4,6-7,9-11,15,20,23-24H,5,8,12-14,16-19H2,1H3,(H,32,33). The Morgan fingerprint density at radius 3 is 2.59 bits per heavy atom. The zero-order valence-electron chi connectivity index (χ0n) is 20.0. The van der Waals surface area contributed by atoms with Gasteiger partial charge in [0.1, 0.15) is 5.75 Å². The minimum absolute atomic E-state index is 0.604.